The van der Waals surface area contributed by atoms with Crippen LogP contribution in [-0.4, -0.2) is 60.9 Å². The van der Waals surface area contributed by atoms with Crippen molar-refractivity contribution in [2.24, 2.45) is 5.92 Å². The summed E-state index contributed by atoms with van der Waals surface area (Å²) in [6.07, 6.45) is 0.974. The van der Waals surface area contributed by atoms with Crippen molar-refractivity contribution in [1.82, 2.24) is 15.2 Å². The molecule has 1 fully saturated rings. The zero-order valence-corrected chi connectivity index (χ0v) is 19.2. The standard InChI is InChI=1S/C23H34N4O2S/c1-4-18-5-6-21-19(13-18)14-20(22(28)25-21)16-27(23(30)24-15-17(2)3)8-7-26-9-11-29-12-10-26/h5-6,13-14,17H,4,7-12,15-16H2,1-3H3,(H,24,30)(H,25,28)/p+1. The monoisotopic (exact) mass is 431 g/mol. The summed E-state index contributed by atoms with van der Waals surface area (Å²) in [6, 6.07) is 8.24. The predicted molar refractivity (Wildman–Crippen MR) is 126 cm³/mol. The van der Waals surface area contributed by atoms with Crippen molar-refractivity contribution in [3.05, 3.63) is 45.7 Å². The molecule has 1 aromatic carbocycles. The zero-order valence-electron chi connectivity index (χ0n) is 18.4. The predicted octanol–water partition coefficient (Wildman–Crippen LogP) is 1.34. The first kappa shape index (κ1) is 22.7. The van der Waals surface area contributed by atoms with Crippen LogP contribution in [0.4, 0.5) is 0 Å². The van der Waals surface area contributed by atoms with Crippen LogP contribution < -0.4 is 15.8 Å². The van der Waals surface area contributed by atoms with Gasteiger partial charge in [-0.2, -0.15) is 0 Å². The maximum absolute atomic E-state index is 12.8. The Hall–Kier alpha value is -1.96. The molecular formula is C23H35N4O2S+. The van der Waals surface area contributed by atoms with Crippen molar-refractivity contribution in [3.63, 3.8) is 0 Å². The first-order valence-corrected chi connectivity index (χ1v) is 11.5. The summed E-state index contributed by atoms with van der Waals surface area (Å²) in [7, 11) is 0. The maximum Gasteiger partial charge on any atom is 0.253 e. The minimum atomic E-state index is -0.0397. The van der Waals surface area contributed by atoms with Gasteiger partial charge in [-0.05, 0) is 53.7 Å². The molecule has 0 spiro atoms. The Labute approximate surface area is 184 Å². The fraction of sp³-hybridized carbons (Fsp3) is 0.565. The molecule has 3 N–H and O–H groups in total. The molecule has 3 rings (SSSR count). The fourth-order valence-corrected chi connectivity index (χ4v) is 3.94. The molecule has 0 saturated carbocycles. The van der Waals surface area contributed by atoms with Gasteiger partial charge in [-0.1, -0.05) is 26.8 Å². The van der Waals surface area contributed by atoms with Crippen molar-refractivity contribution >= 4 is 28.2 Å². The van der Waals surface area contributed by atoms with Gasteiger partial charge in [0.2, 0.25) is 0 Å². The number of H-pyrrole nitrogens is 1. The van der Waals surface area contributed by atoms with Crippen molar-refractivity contribution in [3.8, 4) is 0 Å². The Morgan fingerprint density at radius 3 is 2.77 bits per heavy atom. The lowest BCUT2D eigenvalue weighted by Gasteiger charge is -2.30. The molecule has 1 aromatic heterocycles. The summed E-state index contributed by atoms with van der Waals surface area (Å²) < 4.78 is 5.47. The average Bonchev–Trinajstić information content (AvgIpc) is 2.75. The van der Waals surface area contributed by atoms with E-state index in [0.717, 1.165) is 73.9 Å². The summed E-state index contributed by atoms with van der Waals surface area (Å²) in [5, 5.41) is 5.17. The highest BCUT2D eigenvalue weighted by atomic mass is 32.1. The molecule has 1 aliphatic rings. The van der Waals surface area contributed by atoms with Crippen LogP contribution in [0.3, 0.4) is 0 Å². The molecule has 2 aromatic rings. The summed E-state index contributed by atoms with van der Waals surface area (Å²) in [5.41, 5.74) is 2.86. The first-order chi connectivity index (χ1) is 14.5. The quantitative estimate of drug-likeness (QED) is 0.551. The zero-order chi connectivity index (χ0) is 21.5. The molecule has 0 bridgehead atoms. The second-order valence-electron chi connectivity index (χ2n) is 8.51. The number of benzene rings is 1. The summed E-state index contributed by atoms with van der Waals surface area (Å²) in [6.45, 7) is 13.3. The molecular weight excluding hydrogens is 396 g/mol. The van der Waals surface area contributed by atoms with Crippen molar-refractivity contribution in [1.29, 1.82) is 0 Å². The number of quaternary nitrogens is 1. The molecule has 0 amide bonds. The van der Waals surface area contributed by atoms with Gasteiger partial charge in [-0.25, -0.2) is 0 Å². The van der Waals surface area contributed by atoms with Crippen molar-refractivity contribution < 1.29 is 9.64 Å². The summed E-state index contributed by atoms with van der Waals surface area (Å²) >= 11 is 5.71. The van der Waals surface area contributed by atoms with E-state index in [-0.39, 0.29) is 5.56 Å². The number of aromatic amines is 1. The van der Waals surface area contributed by atoms with E-state index < -0.39 is 0 Å². The van der Waals surface area contributed by atoms with Crippen LogP contribution in [0.5, 0.6) is 0 Å². The van der Waals surface area contributed by atoms with E-state index in [4.69, 9.17) is 17.0 Å². The highest BCUT2D eigenvalue weighted by Crippen LogP contribution is 2.15. The summed E-state index contributed by atoms with van der Waals surface area (Å²) in [4.78, 5) is 19.5. The molecule has 0 radical (unpaired) electrons. The molecule has 164 valence electrons. The molecule has 0 aliphatic carbocycles. The Balaban J connectivity index is 1.78. The van der Waals surface area contributed by atoms with Crippen LogP contribution in [0.25, 0.3) is 10.9 Å². The minimum absolute atomic E-state index is 0.0397. The van der Waals surface area contributed by atoms with Crippen LogP contribution in [0.2, 0.25) is 0 Å². The Bertz CT molecular complexity index is 906. The van der Waals surface area contributed by atoms with Gasteiger partial charge in [0.25, 0.3) is 5.56 Å². The first-order valence-electron chi connectivity index (χ1n) is 11.0. The number of nitrogens with zero attached hydrogens (tertiary/aromatic N) is 1. The van der Waals surface area contributed by atoms with E-state index in [1.165, 1.54) is 10.5 Å². The lowest BCUT2D eigenvalue weighted by Crippen LogP contribution is -3.14. The van der Waals surface area contributed by atoms with E-state index in [0.29, 0.717) is 12.5 Å². The third-order valence-electron chi connectivity index (χ3n) is 5.64. The van der Waals surface area contributed by atoms with Crippen LogP contribution in [0, 0.1) is 5.92 Å². The number of hydrogen-bond donors (Lipinski definition) is 3. The fourth-order valence-electron chi connectivity index (χ4n) is 3.70. The minimum Gasteiger partial charge on any atom is -0.370 e. The number of pyridine rings is 1. The molecule has 0 unspecified atom stereocenters. The van der Waals surface area contributed by atoms with Crippen molar-refractivity contribution in [2.75, 3.05) is 45.9 Å². The number of aromatic nitrogens is 1. The van der Waals surface area contributed by atoms with E-state index in [1.807, 2.05) is 12.1 Å². The van der Waals surface area contributed by atoms with Crippen LogP contribution in [0.15, 0.2) is 29.1 Å². The number of nitrogens with one attached hydrogen (secondary N) is 3. The van der Waals surface area contributed by atoms with Gasteiger partial charge in [0.1, 0.15) is 13.1 Å². The van der Waals surface area contributed by atoms with Gasteiger partial charge in [-0.3, -0.25) is 4.79 Å². The molecule has 0 atom stereocenters. The van der Waals surface area contributed by atoms with E-state index in [2.05, 4.69) is 48.1 Å². The number of fused-ring (bicyclic) bond motifs is 1. The number of thiocarbonyl (C=S) groups is 1. The molecule has 30 heavy (non-hydrogen) atoms. The third kappa shape index (κ3) is 6.27. The number of morpholine rings is 1. The second-order valence-corrected chi connectivity index (χ2v) is 8.90. The number of hydrogen-bond acceptors (Lipinski definition) is 3. The maximum atomic E-state index is 12.8. The largest absolute Gasteiger partial charge is 0.370 e. The third-order valence-corrected chi connectivity index (χ3v) is 6.04. The molecule has 6 nitrogen and oxygen atoms in total. The highest BCUT2D eigenvalue weighted by molar-refractivity contribution is 7.80. The van der Waals surface area contributed by atoms with Gasteiger partial charge >= 0.3 is 0 Å². The topological polar surface area (TPSA) is 61.8 Å². The Morgan fingerprint density at radius 1 is 1.30 bits per heavy atom. The van der Waals surface area contributed by atoms with Gasteiger partial charge < -0.3 is 24.8 Å². The normalized spacial score (nSPS) is 14.9. The Morgan fingerprint density at radius 2 is 2.07 bits per heavy atom. The lowest BCUT2D eigenvalue weighted by atomic mass is 10.1. The highest BCUT2D eigenvalue weighted by Gasteiger charge is 2.18. The lowest BCUT2D eigenvalue weighted by molar-refractivity contribution is -0.907. The SMILES string of the molecule is CCc1ccc2[nH]c(=O)c(CN(CC[NH+]3CCOCC3)C(=S)NCC(C)C)cc2c1. The van der Waals surface area contributed by atoms with E-state index in [1.54, 1.807) is 0 Å². The Kier molecular flexibility index (Phi) is 8.24. The number of ether oxygens (including phenoxy) is 1. The van der Waals surface area contributed by atoms with Crippen LogP contribution >= 0.6 is 12.2 Å². The average molecular weight is 432 g/mol. The smallest absolute Gasteiger partial charge is 0.253 e. The number of aryl methyl sites for hydroxylation is 1. The van der Waals surface area contributed by atoms with Gasteiger partial charge in [0.05, 0.1) is 32.8 Å². The van der Waals surface area contributed by atoms with Gasteiger partial charge in [0, 0.05) is 17.6 Å². The summed E-state index contributed by atoms with van der Waals surface area (Å²) in [5.74, 6) is 0.506. The molecule has 2 heterocycles. The molecule has 1 aliphatic heterocycles. The second kappa shape index (κ2) is 10.9. The van der Waals surface area contributed by atoms with E-state index in [9.17, 15) is 4.79 Å². The molecule has 7 heteroatoms. The van der Waals surface area contributed by atoms with Gasteiger partial charge in [0.15, 0.2) is 5.11 Å². The van der Waals surface area contributed by atoms with Gasteiger partial charge in [-0.15, -0.1) is 0 Å². The van der Waals surface area contributed by atoms with Crippen LogP contribution in [0.1, 0.15) is 31.9 Å². The number of rotatable bonds is 8. The van der Waals surface area contributed by atoms with Crippen molar-refractivity contribution in [2.45, 2.75) is 33.7 Å². The van der Waals surface area contributed by atoms with Crippen LogP contribution in [-0.2, 0) is 17.7 Å². The molecule has 1 saturated heterocycles. The van der Waals surface area contributed by atoms with E-state index >= 15 is 0 Å².